The maximum absolute atomic E-state index is 12.5. The van der Waals surface area contributed by atoms with E-state index >= 15 is 0 Å². The summed E-state index contributed by atoms with van der Waals surface area (Å²) < 4.78 is 27.8. The molecule has 1 unspecified atom stereocenters. The molecule has 0 bridgehead atoms. The lowest BCUT2D eigenvalue weighted by molar-refractivity contribution is 0.352. The van der Waals surface area contributed by atoms with E-state index in [1.165, 1.54) is 8.61 Å². The Morgan fingerprint density at radius 3 is 2.57 bits per heavy atom. The summed E-state index contributed by atoms with van der Waals surface area (Å²) in [6.45, 7) is 1.12. The third-order valence-electron chi connectivity index (χ3n) is 3.86. The normalized spacial score (nSPS) is 19.5. The van der Waals surface area contributed by atoms with Crippen molar-refractivity contribution in [2.75, 3.05) is 46.7 Å². The van der Waals surface area contributed by atoms with Gasteiger partial charge in [0.05, 0.1) is 11.7 Å². The molecule has 1 atom stereocenters. The largest absolute Gasteiger partial charge is 0.363 e. The van der Waals surface area contributed by atoms with Crippen molar-refractivity contribution in [2.45, 2.75) is 25.4 Å². The minimum atomic E-state index is -3.47. The second kappa shape index (κ2) is 7.08. The molecule has 0 saturated carbocycles. The molecule has 0 aromatic carbocycles. The molecule has 1 saturated heterocycles. The van der Waals surface area contributed by atoms with Crippen molar-refractivity contribution in [2.24, 2.45) is 0 Å². The highest BCUT2D eigenvalue weighted by atomic mass is 32.2. The van der Waals surface area contributed by atoms with Crippen LogP contribution in [0, 0.1) is 0 Å². The molecule has 1 N–H and O–H groups in total. The van der Waals surface area contributed by atoms with Gasteiger partial charge in [0.2, 0.25) is 0 Å². The number of nitrogens with one attached hydrogen (secondary N) is 1. The van der Waals surface area contributed by atoms with Crippen LogP contribution in [0.15, 0.2) is 6.07 Å². The van der Waals surface area contributed by atoms with Gasteiger partial charge in [0.25, 0.3) is 10.2 Å². The van der Waals surface area contributed by atoms with Gasteiger partial charge in [-0.05, 0) is 19.9 Å². The molecule has 1 fully saturated rings. The van der Waals surface area contributed by atoms with Gasteiger partial charge in [-0.25, -0.2) is 9.97 Å². The lowest BCUT2D eigenvalue weighted by Gasteiger charge is -2.26. The molecule has 1 aliphatic heterocycles. The molecule has 23 heavy (non-hydrogen) atoms. The molecule has 0 amide bonds. The van der Waals surface area contributed by atoms with Gasteiger partial charge in [-0.1, -0.05) is 0 Å². The summed E-state index contributed by atoms with van der Waals surface area (Å²) >= 11 is 0. The summed E-state index contributed by atoms with van der Waals surface area (Å²) in [6, 6.07) is 1.61. The Morgan fingerprint density at radius 1 is 1.30 bits per heavy atom. The molecule has 2 rings (SSSR count). The molecule has 1 aromatic rings. The molecule has 2 heterocycles. The van der Waals surface area contributed by atoms with Crippen molar-refractivity contribution in [1.82, 2.24) is 23.9 Å². The maximum Gasteiger partial charge on any atom is 0.282 e. The van der Waals surface area contributed by atoms with Crippen LogP contribution in [0.1, 0.15) is 30.4 Å². The molecule has 9 heteroatoms. The highest BCUT2D eigenvalue weighted by Gasteiger charge is 2.38. The highest BCUT2D eigenvalue weighted by Crippen LogP contribution is 2.33. The fourth-order valence-corrected chi connectivity index (χ4v) is 3.94. The van der Waals surface area contributed by atoms with E-state index < -0.39 is 10.2 Å². The zero-order chi connectivity index (χ0) is 17.2. The van der Waals surface area contributed by atoms with Gasteiger partial charge in [0, 0.05) is 47.3 Å². The fraction of sp³-hybridized carbons (Fsp3) is 0.714. The average Bonchev–Trinajstić information content (AvgIpc) is 2.97. The first-order chi connectivity index (χ1) is 10.8. The lowest BCUT2D eigenvalue weighted by Crippen LogP contribution is -2.40. The van der Waals surface area contributed by atoms with Crippen LogP contribution >= 0.6 is 0 Å². The second-order valence-corrected chi connectivity index (χ2v) is 8.15. The number of hydrogen-bond donors (Lipinski definition) is 1. The third kappa shape index (κ3) is 3.79. The van der Waals surface area contributed by atoms with E-state index in [1.807, 2.05) is 32.1 Å². The number of anilines is 1. The van der Waals surface area contributed by atoms with Crippen molar-refractivity contribution in [3.05, 3.63) is 17.6 Å². The smallest absolute Gasteiger partial charge is 0.282 e. The van der Waals surface area contributed by atoms with E-state index in [2.05, 4.69) is 15.3 Å². The third-order valence-corrected chi connectivity index (χ3v) is 5.81. The Kier molecular flexibility index (Phi) is 5.56. The Morgan fingerprint density at radius 2 is 2.00 bits per heavy atom. The van der Waals surface area contributed by atoms with Crippen molar-refractivity contribution in [1.29, 1.82) is 0 Å². The van der Waals surface area contributed by atoms with Gasteiger partial charge < -0.3 is 10.2 Å². The summed E-state index contributed by atoms with van der Waals surface area (Å²) in [5, 5.41) is 3.08. The first kappa shape index (κ1) is 18.1. The monoisotopic (exact) mass is 342 g/mol. The Balaban J connectivity index is 2.43. The van der Waals surface area contributed by atoms with Crippen LogP contribution in [0.3, 0.4) is 0 Å². The van der Waals surface area contributed by atoms with Crippen molar-refractivity contribution >= 4 is 16.0 Å². The van der Waals surface area contributed by atoms with Gasteiger partial charge in [-0.15, -0.1) is 0 Å². The average molecular weight is 342 g/mol. The Bertz CT molecular complexity index is 647. The number of nitrogens with zero attached hydrogens (tertiary/aromatic N) is 5. The molecule has 0 radical (unpaired) electrons. The van der Waals surface area contributed by atoms with Crippen molar-refractivity contribution < 1.29 is 8.42 Å². The Labute approximate surface area is 138 Å². The number of aromatic nitrogens is 2. The molecule has 0 spiro atoms. The summed E-state index contributed by atoms with van der Waals surface area (Å²) in [5.74, 6) is 1.36. The molecule has 8 nitrogen and oxygen atoms in total. The summed E-state index contributed by atoms with van der Waals surface area (Å²) in [5.41, 5.74) is 0.857. The van der Waals surface area contributed by atoms with Gasteiger partial charge >= 0.3 is 0 Å². The zero-order valence-electron chi connectivity index (χ0n) is 14.4. The van der Waals surface area contributed by atoms with Gasteiger partial charge in [-0.3, -0.25) is 0 Å². The first-order valence-electron chi connectivity index (χ1n) is 7.66. The molecule has 0 aliphatic carbocycles. The van der Waals surface area contributed by atoms with Crippen LogP contribution in [0.5, 0.6) is 0 Å². The number of rotatable bonds is 6. The second-order valence-electron chi connectivity index (χ2n) is 6.06. The van der Waals surface area contributed by atoms with Crippen LogP contribution in [0.4, 0.5) is 5.82 Å². The van der Waals surface area contributed by atoms with E-state index in [9.17, 15) is 8.42 Å². The van der Waals surface area contributed by atoms with E-state index in [0.29, 0.717) is 18.9 Å². The van der Waals surface area contributed by atoms with Crippen molar-refractivity contribution in [3.63, 3.8) is 0 Å². The highest BCUT2D eigenvalue weighted by molar-refractivity contribution is 7.86. The van der Waals surface area contributed by atoms with Gasteiger partial charge in [0.1, 0.15) is 11.6 Å². The predicted molar refractivity (Wildman–Crippen MR) is 90.4 cm³/mol. The van der Waals surface area contributed by atoms with Crippen LogP contribution in [0.25, 0.3) is 0 Å². The number of hydrogen-bond acceptors (Lipinski definition) is 6. The Hall–Kier alpha value is -1.29. The first-order valence-corrected chi connectivity index (χ1v) is 9.06. The summed E-state index contributed by atoms with van der Waals surface area (Å²) in [6.07, 6.45) is 1.55. The van der Waals surface area contributed by atoms with Crippen molar-refractivity contribution in [3.8, 4) is 0 Å². The molecule has 1 aliphatic rings. The van der Waals surface area contributed by atoms with Crippen LogP contribution in [-0.4, -0.2) is 68.8 Å². The standard InChI is InChI=1S/C14H26N6O2S/c1-15-10-11-9-13(18(2)3)17-14(16-11)12-7-6-8-20(12)23(21,22)19(4)5/h9,12,15H,6-8,10H2,1-5H3. The SMILES string of the molecule is CNCc1cc(N(C)C)nc(C2CCCN2S(=O)(=O)N(C)C)n1. The fourth-order valence-electron chi connectivity index (χ4n) is 2.64. The topological polar surface area (TPSA) is 81.7 Å². The van der Waals surface area contributed by atoms with Crippen LogP contribution in [0.2, 0.25) is 0 Å². The van der Waals surface area contributed by atoms with Gasteiger partial charge in [-0.2, -0.15) is 17.0 Å². The molecule has 1 aromatic heterocycles. The van der Waals surface area contributed by atoms with Crippen LogP contribution in [-0.2, 0) is 16.8 Å². The predicted octanol–water partition coefficient (Wildman–Crippen LogP) is 0.205. The minimum absolute atomic E-state index is 0.307. The van der Waals surface area contributed by atoms with E-state index in [-0.39, 0.29) is 6.04 Å². The summed E-state index contributed by atoms with van der Waals surface area (Å²) in [4.78, 5) is 11.1. The zero-order valence-corrected chi connectivity index (χ0v) is 15.3. The van der Waals surface area contributed by atoms with Crippen LogP contribution < -0.4 is 10.2 Å². The van der Waals surface area contributed by atoms with E-state index in [4.69, 9.17) is 0 Å². The van der Waals surface area contributed by atoms with E-state index in [1.54, 1.807) is 14.1 Å². The maximum atomic E-state index is 12.5. The lowest BCUT2D eigenvalue weighted by atomic mass is 10.2. The van der Waals surface area contributed by atoms with E-state index in [0.717, 1.165) is 24.4 Å². The molecular formula is C14H26N6O2S. The summed E-state index contributed by atoms with van der Waals surface area (Å²) in [7, 11) is 5.31. The quantitative estimate of drug-likeness (QED) is 0.796. The molecule has 130 valence electrons. The molecular weight excluding hydrogens is 316 g/mol. The van der Waals surface area contributed by atoms with Gasteiger partial charge in [0.15, 0.2) is 0 Å². The minimum Gasteiger partial charge on any atom is -0.363 e.